The maximum atomic E-state index is 4.96. The van der Waals surface area contributed by atoms with E-state index in [1.165, 1.54) is 0 Å². The highest BCUT2D eigenvalue weighted by Crippen LogP contribution is 1.55. The summed E-state index contributed by atoms with van der Waals surface area (Å²) in [6.45, 7) is 1.69. The molecule has 0 spiro atoms. The van der Waals surface area contributed by atoms with E-state index < -0.39 is 0 Å². The maximum absolute atomic E-state index is 4.96. The van der Waals surface area contributed by atoms with Crippen LogP contribution in [0.1, 0.15) is 6.92 Å². The molecule has 1 nitrogen and oxygen atoms in total. The lowest BCUT2D eigenvalue weighted by Gasteiger charge is -1.69. The second-order valence-corrected chi connectivity index (χ2v) is 1.18. The minimum absolute atomic E-state index is 0.262. The number of nitrogens with two attached hydrogens (primary N) is 1. The summed E-state index contributed by atoms with van der Waals surface area (Å²) >= 11 is 4.40. The summed E-state index contributed by atoms with van der Waals surface area (Å²) in [6.07, 6.45) is 0. The van der Waals surface area contributed by atoms with Crippen molar-refractivity contribution in [1.29, 1.82) is 0 Å². The summed E-state index contributed by atoms with van der Waals surface area (Å²) in [6, 6.07) is 0. The van der Waals surface area contributed by atoms with Gasteiger partial charge in [0.25, 0.3) is 0 Å². The lowest BCUT2D eigenvalue weighted by Crippen LogP contribution is -2.02. The summed E-state index contributed by atoms with van der Waals surface area (Å²) in [5.74, 6) is 5.02. The van der Waals surface area contributed by atoms with Crippen molar-refractivity contribution < 1.29 is 0 Å². The number of hydrogen-bond acceptors (Lipinski definition) is 1. The monoisotopic (exact) mass is 99.0 g/mol. The fraction of sp³-hybridized carbons (Fsp3) is 0.250. The first-order valence-electron chi connectivity index (χ1n) is 1.49. The fourth-order valence-corrected chi connectivity index (χ4v) is 0.225. The van der Waals surface area contributed by atoms with Crippen molar-refractivity contribution in [2.24, 2.45) is 5.73 Å². The molecule has 0 aliphatic heterocycles. The molecule has 0 fully saturated rings. The first kappa shape index (κ1) is 5.45. The van der Waals surface area contributed by atoms with Crippen molar-refractivity contribution >= 4 is 17.2 Å². The highest BCUT2D eigenvalue weighted by atomic mass is 32.1. The molecule has 6 heavy (non-hydrogen) atoms. The van der Waals surface area contributed by atoms with Crippen molar-refractivity contribution in [3.63, 3.8) is 0 Å². The average molecular weight is 99.2 g/mol. The second-order valence-electron chi connectivity index (χ2n) is 0.739. The molecular weight excluding hydrogens is 94.1 g/mol. The molecule has 0 aromatic rings. The number of rotatable bonds is 0. The Bertz CT molecular complexity index is 106. The summed E-state index contributed by atoms with van der Waals surface area (Å²) in [5, 5.41) is 0. The van der Waals surface area contributed by atoms with E-state index in [1.54, 1.807) is 6.92 Å². The smallest absolute Gasteiger partial charge is 0.148 e. The molecule has 0 aliphatic carbocycles. The summed E-state index contributed by atoms with van der Waals surface area (Å²) in [7, 11) is 0. The van der Waals surface area contributed by atoms with Crippen LogP contribution in [0.5, 0.6) is 0 Å². The van der Waals surface area contributed by atoms with Crippen LogP contribution in [0, 0.1) is 11.8 Å². The van der Waals surface area contributed by atoms with Gasteiger partial charge in [0.15, 0.2) is 0 Å². The van der Waals surface area contributed by atoms with Gasteiger partial charge in [-0.3, -0.25) is 0 Å². The maximum Gasteiger partial charge on any atom is 0.148 e. The van der Waals surface area contributed by atoms with E-state index >= 15 is 0 Å². The molecule has 0 aliphatic rings. The van der Waals surface area contributed by atoms with Crippen LogP contribution in [-0.2, 0) is 0 Å². The molecule has 0 amide bonds. The summed E-state index contributed by atoms with van der Waals surface area (Å²) in [4.78, 5) is 0.262. The normalized spacial score (nSPS) is 5.50. The minimum atomic E-state index is 0.262. The van der Waals surface area contributed by atoms with E-state index in [1.807, 2.05) is 0 Å². The molecule has 0 heterocycles. The predicted octanol–water partition coefficient (Wildman–Crippen LogP) is 0.296. The van der Waals surface area contributed by atoms with E-state index in [9.17, 15) is 0 Å². The molecule has 0 bridgehead atoms. The van der Waals surface area contributed by atoms with Crippen LogP contribution in [0.25, 0.3) is 0 Å². The lowest BCUT2D eigenvalue weighted by atomic mass is 10.6. The van der Waals surface area contributed by atoms with Gasteiger partial charge in [-0.1, -0.05) is 18.1 Å². The Labute approximate surface area is 42.5 Å². The number of thiocarbonyl (C=S) groups is 1. The van der Waals surface area contributed by atoms with Gasteiger partial charge in [-0.2, -0.15) is 0 Å². The van der Waals surface area contributed by atoms with Gasteiger partial charge in [0.05, 0.1) is 0 Å². The zero-order chi connectivity index (χ0) is 4.99. The fourth-order valence-electron chi connectivity index (χ4n) is 0.123. The molecule has 0 saturated carbocycles. The van der Waals surface area contributed by atoms with Crippen LogP contribution >= 0.6 is 12.2 Å². The first-order chi connectivity index (χ1) is 2.77. The Morgan fingerprint density at radius 2 is 2.33 bits per heavy atom. The SMILES string of the molecule is CC#CC(N)=S. The summed E-state index contributed by atoms with van der Waals surface area (Å²) < 4.78 is 0. The van der Waals surface area contributed by atoms with Crippen LogP contribution in [0.2, 0.25) is 0 Å². The molecule has 0 rings (SSSR count). The average Bonchev–Trinajstić information content (AvgIpc) is 1.35. The van der Waals surface area contributed by atoms with E-state index in [0.717, 1.165) is 0 Å². The Morgan fingerprint density at radius 3 is 2.33 bits per heavy atom. The van der Waals surface area contributed by atoms with Crippen LogP contribution in [0.4, 0.5) is 0 Å². The Hall–Kier alpha value is -0.550. The van der Waals surface area contributed by atoms with Crippen molar-refractivity contribution in [2.45, 2.75) is 6.92 Å². The van der Waals surface area contributed by atoms with Gasteiger partial charge in [0.2, 0.25) is 0 Å². The van der Waals surface area contributed by atoms with Gasteiger partial charge < -0.3 is 5.73 Å². The minimum Gasteiger partial charge on any atom is -0.383 e. The zero-order valence-corrected chi connectivity index (χ0v) is 4.30. The third-order valence-corrected chi connectivity index (χ3v) is 0.350. The van der Waals surface area contributed by atoms with E-state index in [0.29, 0.717) is 0 Å². The van der Waals surface area contributed by atoms with Gasteiger partial charge in [0, 0.05) is 0 Å². The molecule has 0 atom stereocenters. The van der Waals surface area contributed by atoms with Crippen molar-refractivity contribution in [1.82, 2.24) is 0 Å². The van der Waals surface area contributed by atoms with Gasteiger partial charge in [0.1, 0.15) is 4.99 Å². The highest BCUT2D eigenvalue weighted by Gasteiger charge is 1.65. The Balaban J connectivity index is 3.50. The molecule has 2 N–H and O–H groups in total. The molecule has 0 aromatic carbocycles. The zero-order valence-electron chi connectivity index (χ0n) is 3.49. The quantitative estimate of drug-likeness (QED) is 0.349. The van der Waals surface area contributed by atoms with E-state index in [-0.39, 0.29) is 4.99 Å². The van der Waals surface area contributed by atoms with E-state index in [2.05, 4.69) is 24.1 Å². The lowest BCUT2D eigenvalue weighted by molar-refractivity contribution is 1.84. The molecular formula is C4H5NS. The van der Waals surface area contributed by atoms with Gasteiger partial charge in [-0.05, 0) is 12.8 Å². The second kappa shape index (κ2) is 2.67. The topological polar surface area (TPSA) is 26.0 Å². The molecule has 32 valence electrons. The largest absolute Gasteiger partial charge is 0.383 e. The van der Waals surface area contributed by atoms with Crippen LogP contribution in [0.3, 0.4) is 0 Å². The van der Waals surface area contributed by atoms with Crippen LogP contribution in [-0.4, -0.2) is 4.99 Å². The van der Waals surface area contributed by atoms with Crippen LogP contribution in [0.15, 0.2) is 0 Å². The molecule has 2 heteroatoms. The predicted molar refractivity (Wildman–Crippen MR) is 30.2 cm³/mol. The Kier molecular flexibility index (Phi) is 2.43. The highest BCUT2D eigenvalue weighted by molar-refractivity contribution is 7.80. The van der Waals surface area contributed by atoms with Crippen molar-refractivity contribution in [3.8, 4) is 11.8 Å². The molecule has 0 radical (unpaired) electrons. The van der Waals surface area contributed by atoms with Crippen molar-refractivity contribution in [3.05, 3.63) is 0 Å². The van der Waals surface area contributed by atoms with Gasteiger partial charge >= 0.3 is 0 Å². The van der Waals surface area contributed by atoms with Gasteiger partial charge in [-0.25, -0.2) is 0 Å². The first-order valence-corrected chi connectivity index (χ1v) is 1.90. The third kappa shape index (κ3) is 3.45. The number of hydrogen-bond donors (Lipinski definition) is 1. The third-order valence-electron chi connectivity index (χ3n) is 0.248. The summed E-state index contributed by atoms with van der Waals surface area (Å²) in [5.41, 5.74) is 4.96. The van der Waals surface area contributed by atoms with Gasteiger partial charge in [-0.15, -0.1) is 0 Å². The van der Waals surface area contributed by atoms with Crippen LogP contribution < -0.4 is 5.73 Å². The molecule has 0 aromatic heterocycles. The molecule has 0 saturated heterocycles. The molecule has 0 unspecified atom stereocenters. The standard InChI is InChI=1S/C4H5NS/c1-2-3-4(5)6/h1H3,(H2,5,6). The van der Waals surface area contributed by atoms with Crippen molar-refractivity contribution in [2.75, 3.05) is 0 Å². The van der Waals surface area contributed by atoms with E-state index in [4.69, 9.17) is 5.73 Å². The Morgan fingerprint density at radius 1 is 1.83 bits per heavy atom.